The van der Waals surface area contributed by atoms with Gasteiger partial charge in [-0.2, -0.15) is 8.42 Å². The molecule has 0 bridgehead atoms. The maximum absolute atomic E-state index is 13.5. The van der Waals surface area contributed by atoms with Crippen LogP contribution in [0.25, 0.3) is 0 Å². The van der Waals surface area contributed by atoms with E-state index < -0.39 is 16.5 Å². The molecule has 0 amide bonds. The lowest BCUT2D eigenvalue weighted by molar-refractivity contribution is -0.135. The van der Waals surface area contributed by atoms with Gasteiger partial charge in [0.05, 0.1) is 6.10 Å². The Morgan fingerprint density at radius 3 is 2.45 bits per heavy atom. The molecule has 4 aliphatic carbocycles. The summed E-state index contributed by atoms with van der Waals surface area (Å²) < 4.78 is 36.5. The zero-order valence-corrected chi connectivity index (χ0v) is 22.0. The van der Waals surface area contributed by atoms with Crippen molar-refractivity contribution in [2.45, 2.75) is 105 Å². The van der Waals surface area contributed by atoms with Crippen molar-refractivity contribution >= 4 is 16.2 Å². The van der Waals surface area contributed by atoms with Crippen LogP contribution in [0.2, 0.25) is 0 Å². The smallest absolute Gasteiger partial charge is 0.295 e. The van der Waals surface area contributed by atoms with Gasteiger partial charge in [-0.15, -0.1) is 0 Å². The van der Waals surface area contributed by atoms with E-state index in [1.54, 1.807) is 0 Å². The van der Waals surface area contributed by atoms with Gasteiger partial charge in [0.15, 0.2) is 5.78 Å². The van der Waals surface area contributed by atoms with Gasteiger partial charge in [-0.25, -0.2) is 4.18 Å². The summed E-state index contributed by atoms with van der Waals surface area (Å²) >= 11 is 0. The maximum atomic E-state index is 13.5. The highest BCUT2D eigenvalue weighted by molar-refractivity contribution is 7.80. The fourth-order valence-electron chi connectivity index (χ4n) is 8.65. The lowest BCUT2D eigenvalue weighted by Crippen LogP contribution is -2.53. The lowest BCUT2D eigenvalue weighted by atomic mass is 9.46. The molecule has 188 valence electrons. The van der Waals surface area contributed by atoms with Crippen LogP contribution in [-0.4, -0.2) is 24.9 Å². The number of ketones is 1. The zero-order chi connectivity index (χ0) is 24.2. The molecule has 0 aromatic carbocycles. The first-order valence-corrected chi connectivity index (χ1v) is 14.6. The normalized spacial score (nSPS) is 41.8. The Bertz CT molecular complexity index is 892. The van der Waals surface area contributed by atoms with Crippen LogP contribution in [0, 0.1) is 46.3 Å². The number of carbonyl (C=O) groups excluding carboxylic acids is 1. The third-order valence-corrected chi connectivity index (χ3v) is 10.9. The van der Waals surface area contributed by atoms with Crippen LogP contribution in [0.5, 0.6) is 0 Å². The summed E-state index contributed by atoms with van der Waals surface area (Å²) in [5, 5.41) is 0. The summed E-state index contributed by atoms with van der Waals surface area (Å²) in [6, 6.07) is 0. The molecule has 0 spiro atoms. The molecule has 4 rings (SSSR count). The molecular weight excluding hydrogens is 436 g/mol. The second-order valence-corrected chi connectivity index (χ2v) is 13.7. The standard InChI is InChI=1S/C27H44O5S/c1-17(2)7-6-8-18(3)21-9-10-22-25-23(12-14-27(21,22)5)26(4)13-11-20(32-33(29,30)31)15-19(26)16-24(25)28/h16-18,20-23,25H,6-15H2,1-5H3,(H,29,30,31)/t18-,20+,21-,22+,23+,25?,26+,27-/m1/s1. The molecule has 0 aliphatic heterocycles. The van der Waals surface area contributed by atoms with Crippen LogP contribution >= 0.6 is 0 Å². The Kier molecular flexibility index (Phi) is 6.96. The molecule has 0 saturated heterocycles. The molecule has 8 atom stereocenters. The first kappa shape index (κ1) is 25.4. The molecule has 1 unspecified atom stereocenters. The Morgan fingerprint density at radius 2 is 1.79 bits per heavy atom. The van der Waals surface area contributed by atoms with Crippen molar-refractivity contribution in [3.05, 3.63) is 11.6 Å². The minimum Gasteiger partial charge on any atom is -0.295 e. The van der Waals surface area contributed by atoms with Crippen molar-refractivity contribution in [1.29, 1.82) is 0 Å². The molecular formula is C27H44O5S. The third-order valence-electron chi connectivity index (χ3n) is 10.4. The van der Waals surface area contributed by atoms with Crippen LogP contribution in [-0.2, 0) is 19.4 Å². The van der Waals surface area contributed by atoms with Gasteiger partial charge < -0.3 is 0 Å². The average molecular weight is 481 g/mol. The summed E-state index contributed by atoms with van der Waals surface area (Å²) in [4.78, 5) is 13.5. The van der Waals surface area contributed by atoms with Gasteiger partial charge in [0.2, 0.25) is 0 Å². The predicted molar refractivity (Wildman–Crippen MR) is 130 cm³/mol. The Hall–Kier alpha value is -0.720. The SMILES string of the molecule is CC(C)CCC[C@@H](C)[C@H]1CC[C@H]2C3C(=O)C=C4C[C@@H](OS(=O)(=O)O)CC[C@]4(C)[C@H]3CC[C@]12C. The van der Waals surface area contributed by atoms with Crippen LogP contribution in [0.3, 0.4) is 0 Å². The number of fused-ring (bicyclic) bond motifs is 5. The van der Waals surface area contributed by atoms with Crippen molar-refractivity contribution in [3.63, 3.8) is 0 Å². The maximum Gasteiger partial charge on any atom is 0.397 e. The van der Waals surface area contributed by atoms with Crippen LogP contribution in [0.4, 0.5) is 0 Å². The molecule has 0 heterocycles. The predicted octanol–water partition coefficient (Wildman–Crippen LogP) is 6.39. The fraction of sp³-hybridized carbons (Fsp3) is 0.889. The summed E-state index contributed by atoms with van der Waals surface area (Å²) in [5.74, 6) is 3.34. The van der Waals surface area contributed by atoms with Crippen LogP contribution < -0.4 is 0 Å². The second-order valence-electron chi connectivity index (χ2n) is 12.6. The molecule has 3 fully saturated rings. The van der Waals surface area contributed by atoms with E-state index in [1.165, 1.54) is 32.1 Å². The third kappa shape index (κ3) is 4.73. The molecule has 4 aliphatic rings. The van der Waals surface area contributed by atoms with E-state index in [4.69, 9.17) is 8.74 Å². The first-order valence-electron chi connectivity index (χ1n) is 13.3. The van der Waals surface area contributed by atoms with Gasteiger partial charge in [0, 0.05) is 5.92 Å². The molecule has 0 radical (unpaired) electrons. The number of carbonyl (C=O) groups is 1. The topological polar surface area (TPSA) is 80.7 Å². The van der Waals surface area contributed by atoms with Crippen molar-refractivity contribution < 1.29 is 21.9 Å². The van der Waals surface area contributed by atoms with E-state index >= 15 is 0 Å². The van der Waals surface area contributed by atoms with E-state index in [-0.39, 0.29) is 22.5 Å². The molecule has 5 nitrogen and oxygen atoms in total. The Balaban J connectivity index is 1.52. The Labute approximate surface area is 201 Å². The van der Waals surface area contributed by atoms with Crippen LogP contribution in [0.1, 0.15) is 98.8 Å². The largest absolute Gasteiger partial charge is 0.397 e. The van der Waals surface area contributed by atoms with Gasteiger partial charge in [-0.05, 0) is 91.4 Å². The van der Waals surface area contributed by atoms with E-state index in [0.29, 0.717) is 36.5 Å². The van der Waals surface area contributed by atoms with Gasteiger partial charge in [0.25, 0.3) is 0 Å². The van der Waals surface area contributed by atoms with E-state index in [2.05, 4.69) is 34.6 Å². The van der Waals surface area contributed by atoms with Gasteiger partial charge in [0.1, 0.15) is 0 Å². The average Bonchev–Trinajstić information content (AvgIpc) is 3.05. The number of hydrogen-bond acceptors (Lipinski definition) is 4. The van der Waals surface area contributed by atoms with Gasteiger partial charge in [-0.1, -0.05) is 59.5 Å². The second kappa shape index (κ2) is 9.05. The quantitative estimate of drug-likeness (QED) is 0.427. The summed E-state index contributed by atoms with van der Waals surface area (Å²) in [6.07, 6.45) is 11.7. The van der Waals surface area contributed by atoms with Crippen LogP contribution in [0.15, 0.2) is 11.6 Å². The monoisotopic (exact) mass is 480 g/mol. The highest BCUT2D eigenvalue weighted by atomic mass is 32.3. The summed E-state index contributed by atoms with van der Waals surface area (Å²) in [5.41, 5.74) is 1.22. The highest BCUT2D eigenvalue weighted by Gasteiger charge is 2.61. The molecule has 3 saturated carbocycles. The summed E-state index contributed by atoms with van der Waals surface area (Å²) in [7, 11) is -4.48. The van der Waals surface area contributed by atoms with E-state index in [9.17, 15) is 13.2 Å². The van der Waals surface area contributed by atoms with Gasteiger partial charge in [-0.3, -0.25) is 9.35 Å². The number of hydrogen-bond donors (Lipinski definition) is 1. The molecule has 0 aromatic rings. The lowest BCUT2D eigenvalue weighted by Gasteiger charge is -2.57. The number of allylic oxidation sites excluding steroid dienone is 1. The van der Waals surface area contributed by atoms with E-state index in [0.717, 1.165) is 30.8 Å². The molecule has 0 aromatic heterocycles. The summed E-state index contributed by atoms with van der Waals surface area (Å²) in [6.45, 7) is 11.8. The molecule has 6 heteroatoms. The van der Waals surface area contributed by atoms with Crippen molar-refractivity contribution in [2.24, 2.45) is 46.3 Å². The molecule has 33 heavy (non-hydrogen) atoms. The minimum absolute atomic E-state index is 0.0695. The first-order chi connectivity index (χ1) is 15.3. The van der Waals surface area contributed by atoms with Gasteiger partial charge >= 0.3 is 10.4 Å². The minimum atomic E-state index is -4.48. The highest BCUT2D eigenvalue weighted by Crippen LogP contribution is 2.66. The van der Waals surface area contributed by atoms with E-state index in [1.807, 2.05) is 6.08 Å². The van der Waals surface area contributed by atoms with Crippen molar-refractivity contribution in [2.75, 3.05) is 0 Å². The number of rotatable bonds is 7. The van der Waals surface area contributed by atoms with Crippen molar-refractivity contribution in [3.8, 4) is 0 Å². The zero-order valence-electron chi connectivity index (χ0n) is 21.2. The molecule has 1 N–H and O–H groups in total. The Morgan fingerprint density at radius 1 is 1.06 bits per heavy atom. The fourth-order valence-corrected chi connectivity index (χ4v) is 9.16. The van der Waals surface area contributed by atoms with Crippen molar-refractivity contribution in [1.82, 2.24) is 0 Å².